The zero-order valence-electron chi connectivity index (χ0n) is 13.4. The number of nitrogens with zero attached hydrogens (tertiary/aromatic N) is 1. The molecular formula is C18H20N4O2. The molecule has 4 rings (SSSR count). The van der Waals surface area contributed by atoms with Crippen LogP contribution in [0.15, 0.2) is 24.4 Å². The third-order valence-electron chi connectivity index (χ3n) is 4.65. The van der Waals surface area contributed by atoms with E-state index in [0.717, 1.165) is 41.6 Å². The number of hydrogen-bond donors (Lipinski definition) is 4. The number of nitrogens with one attached hydrogen (secondary N) is 3. The predicted molar refractivity (Wildman–Crippen MR) is 91.9 cm³/mol. The predicted octanol–water partition coefficient (Wildman–Crippen LogP) is 2.16. The van der Waals surface area contributed by atoms with Crippen molar-refractivity contribution in [3.63, 3.8) is 0 Å². The molecule has 1 aromatic carbocycles. The Morgan fingerprint density at radius 3 is 3.04 bits per heavy atom. The Labute approximate surface area is 139 Å². The number of benzene rings is 1. The summed E-state index contributed by atoms with van der Waals surface area (Å²) in [5.74, 6) is -0.0668. The summed E-state index contributed by atoms with van der Waals surface area (Å²) in [5, 5.41) is 20.0. The highest BCUT2D eigenvalue weighted by atomic mass is 16.2. The van der Waals surface area contributed by atoms with Crippen molar-refractivity contribution in [2.75, 3.05) is 13.2 Å². The third kappa shape index (κ3) is 2.49. The Bertz CT molecular complexity index is 894. The fourth-order valence-corrected chi connectivity index (χ4v) is 3.38. The number of aromatic nitrogens is 3. The average Bonchev–Trinajstić information content (AvgIpc) is 3.21. The van der Waals surface area contributed by atoms with E-state index in [1.165, 1.54) is 11.1 Å². The maximum Gasteiger partial charge on any atom is 0.251 e. The van der Waals surface area contributed by atoms with Gasteiger partial charge < -0.3 is 15.4 Å². The molecule has 1 aliphatic rings. The fourth-order valence-electron chi connectivity index (χ4n) is 3.38. The van der Waals surface area contributed by atoms with Crippen LogP contribution in [0.4, 0.5) is 0 Å². The SMILES string of the molecule is O=C(NCCCCO)c1ccc2[nH]c3c(c2c1)CCc1cn[nH]c1-3. The van der Waals surface area contributed by atoms with E-state index in [1.54, 1.807) is 0 Å². The number of aryl methyl sites for hydroxylation is 2. The summed E-state index contributed by atoms with van der Waals surface area (Å²) in [6, 6.07) is 5.78. The monoisotopic (exact) mass is 324 g/mol. The molecule has 0 radical (unpaired) electrons. The minimum Gasteiger partial charge on any atom is -0.396 e. The topological polar surface area (TPSA) is 93.8 Å². The van der Waals surface area contributed by atoms with Gasteiger partial charge in [-0.05, 0) is 55.0 Å². The van der Waals surface area contributed by atoms with Crippen molar-refractivity contribution in [2.24, 2.45) is 0 Å². The smallest absolute Gasteiger partial charge is 0.251 e. The van der Waals surface area contributed by atoms with Crippen molar-refractivity contribution in [3.8, 4) is 11.4 Å². The first-order valence-corrected chi connectivity index (χ1v) is 8.34. The summed E-state index contributed by atoms with van der Waals surface area (Å²) in [5.41, 5.74) is 6.34. The summed E-state index contributed by atoms with van der Waals surface area (Å²) < 4.78 is 0. The summed E-state index contributed by atoms with van der Waals surface area (Å²) in [4.78, 5) is 15.8. The highest BCUT2D eigenvalue weighted by molar-refractivity contribution is 6.00. The molecular weight excluding hydrogens is 304 g/mol. The van der Waals surface area contributed by atoms with Gasteiger partial charge in [-0.15, -0.1) is 0 Å². The van der Waals surface area contributed by atoms with Crippen LogP contribution in [-0.2, 0) is 12.8 Å². The van der Waals surface area contributed by atoms with Gasteiger partial charge in [0, 0.05) is 29.6 Å². The van der Waals surface area contributed by atoms with Crippen molar-refractivity contribution >= 4 is 16.8 Å². The number of carbonyl (C=O) groups is 1. The molecule has 0 aliphatic heterocycles. The quantitative estimate of drug-likeness (QED) is 0.542. The first kappa shape index (κ1) is 15.0. The summed E-state index contributed by atoms with van der Waals surface area (Å²) >= 11 is 0. The van der Waals surface area contributed by atoms with Crippen LogP contribution in [0.1, 0.15) is 34.3 Å². The van der Waals surface area contributed by atoms with E-state index in [2.05, 4.69) is 20.5 Å². The number of carbonyl (C=O) groups excluding carboxylic acids is 1. The number of fused-ring (bicyclic) bond motifs is 5. The molecule has 6 heteroatoms. The molecule has 0 saturated heterocycles. The number of aliphatic hydroxyl groups excluding tert-OH is 1. The number of aliphatic hydroxyl groups is 1. The van der Waals surface area contributed by atoms with Crippen LogP contribution < -0.4 is 5.32 Å². The number of aromatic amines is 2. The van der Waals surface area contributed by atoms with E-state index in [4.69, 9.17) is 5.11 Å². The van der Waals surface area contributed by atoms with Gasteiger partial charge in [0.2, 0.25) is 0 Å². The lowest BCUT2D eigenvalue weighted by Crippen LogP contribution is -2.24. The van der Waals surface area contributed by atoms with Crippen LogP contribution in [-0.4, -0.2) is 39.3 Å². The first-order valence-electron chi connectivity index (χ1n) is 8.34. The lowest BCUT2D eigenvalue weighted by molar-refractivity contribution is 0.0952. The summed E-state index contributed by atoms with van der Waals surface area (Å²) in [6.07, 6.45) is 5.28. The summed E-state index contributed by atoms with van der Waals surface area (Å²) in [7, 11) is 0. The Balaban J connectivity index is 1.64. The first-order chi connectivity index (χ1) is 11.8. The van der Waals surface area contributed by atoms with Gasteiger partial charge in [-0.3, -0.25) is 9.89 Å². The molecule has 0 unspecified atom stereocenters. The molecule has 1 aliphatic carbocycles. The van der Waals surface area contributed by atoms with Crippen LogP contribution in [0, 0.1) is 0 Å². The van der Waals surface area contributed by atoms with E-state index in [-0.39, 0.29) is 12.5 Å². The van der Waals surface area contributed by atoms with Crippen molar-refractivity contribution in [1.29, 1.82) is 0 Å². The van der Waals surface area contributed by atoms with Crippen LogP contribution in [0.25, 0.3) is 22.3 Å². The van der Waals surface area contributed by atoms with E-state index in [1.807, 2.05) is 24.4 Å². The van der Waals surface area contributed by atoms with E-state index in [9.17, 15) is 4.79 Å². The molecule has 2 aromatic heterocycles. The molecule has 2 heterocycles. The molecule has 0 atom stereocenters. The molecule has 0 bridgehead atoms. The highest BCUT2D eigenvalue weighted by Gasteiger charge is 2.22. The Hall–Kier alpha value is -2.60. The molecule has 0 fully saturated rings. The molecule has 3 aromatic rings. The molecule has 24 heavy (non-hydrogen) atoms. The normalized spacial score (nSPS) is 12.9. The fraction of sp³-hybridized carbons (Fsp3) is 0.333. The van der Waals surface area contributed by atoms with Gasteiger partial charge in [0.05, 0.1) is 17.6 Å². The lowest BCUT2D eigenvalue weighted by Gasteiger charge is -2.11. The van der Waals surface area contributed by atoms with Gasteiger partial charge in [-0.2, -0.15) is 5.10 Å². The second-order valence-electron chi connectivity index (χ2n) is 6.20. The van der Waals surface area contributed by atoms with Crippen molar-refractivity contribution in [1.82, 2.24) is 20.5 Å². The molecule has 4 N–H and O–H groups in total. The second kappa shape index (κ2) is 6.13. The van der Waals surface area contributed by atoms with Gasteiger partial charge in [0.1, 0.15) is 0 Å². The summed E-state index contributed by atoms with van der Waals surface area (Å²) in [6.45, 7) is 0.743. The number of H-pyrrole nitrogens is 2. The third-order valence-corrected chi connectivity index (χ3v) is 4.65. The van der Waals surface area contributed by atoms with E-state index < -0.39 is 0 Å². The highest BCUT2D eigenvalue weighted by Crippen LogP contribution is 2.36. The molecule has 0 saturated carbocycles. The number of rotatable bonds is 5. The van der Waals surface area contributed by atoms with Crippen molar-refractivity contribution in [2.45, 2.75) is 25.7 Å². The zero-order valence-corrected chi connectivity index (χ0v) is 13.4. The minimum atomic E-state index is -0.0668. The van der Waals surface area contributed by atoms with Crippen LogP contribution in [0.2, 0.25) is 0 Å². The largest absolute Gasteiger partial charge is 0.396 e. The maximum absolute atomic E-state index is 12.3. The maximum atomic E-state index is 12.3. The number of amides is 1. The number of hydrogen-bond acceptors (Lipinski definition) is 3. The van der Waals surface area contributed by atoms with Crippen LogP contribution >= 0.6 is 0 Å². The van der Waals surface area contributed by atoms with Crippen LogP contribution in [0.5, 0.6) is 0 Å². The molecule has 6 nitrogen and oxygen atoms in total. The number of unbranched alkanes of at least 4 members (excludes halogenated alkanes) is 1. The Kier molecular flexibility index (Phi) is 3.82. The Morgan fingerprint density at radius 1 is 1.25 bits per heavy atom. The average molecular weight is 324 g/mol. The molecule has 124 valence electrons. The van der Waals surface area contributed by atoms with Gasteiger partial charge in [0.25, 0.3) is 5.91 Å². The van der Waals surface area contributed by atoms with Crippen molar-refractivity contribution < 1.29 is 9.90 Å². The zero-order chi connectivity index (χ0) is 16.5. The standard InChI is InChI=1S/C18H20N4O2/c23-8-2-1-7-19-18(24)11-4-6-15-14(9-11)13-5-3-12-10-20-22-16(12)17(13)21-15/h4,6,9-10,21,23H,1-3,5,7-8H2,(H,19,24)(H,20,22). The van der Waals surface area contributed by atoms with Crippen molar-refractivity contribution in [3.05, 3.63) is 41.1 Å². The lowest BCUT2D eigenvalue weighted by atomic mass is 9.93. The van der Waals surface area contributed by atoms with E-state index in [0.29, 0.717) is 18.5 Å². The molecule has 1 amide bonds. The molecule has 0 spiro atoms. The van der Waals surface area contributed by atoms with Gasteiger partial charge in [0.15, 0.2) is 0 Å². The van der Waals surface area contributed by atoms with Gasteiger partial charge in [-0.1, -0.05) is 0 Å². The van der Waals surface area contributed by atoms with Crippen LogP contribution in [0.3, 0.4) is 0 Å². The minimum absolute atomic E-state index is 0.0668. The Morgan fingerprint density at radius 2 is 2.17 bits per heavy atom. The van der Waals surface area contributed by atoms with E-state index >= 15 is 0 Å². The van der Waals surface area contributed by atoms with Gasteiger partial charge in [-0.25, -0.2) is 0 Å². The van der Waals surface area contributed by atoms with Gasteiger partial charge >= 0.3 is 0 Å². The second-order valence-corrected chi connectivity index (χ2v) is 6.20.